The number of carbonyl (C=O) groups is 1. The number of nitrogens with zero attached hydrogens (tertiary/aromatic N) is 3. The molecule has 2 aromatic rings. The molecule has 0 aliphatic carbocycles. The van der Waals surface area contributed by atoms with E-state index in [2.05, 4.69) is 4.98 Å². The summed E-state index contributed by atoms with van der Waals surface area (Å²) < 4.78 is 106. The van der Waals surface area contributed by atoms with Crippen molar-refractivity contribution in [3.05, 3.63) is 34.8 Å². The van der Waals surface area contributed by atoms with Gasteiger partial charge in [0.1, 0.15) is 10.6 Å². The Labute approximate surface area is 194 Å². The minimum Gasteiger partial charge on any atom is -0.480 e. The number of rotatable bonds is 5. The first kappa shape index (κ1) is 26.1. The van der Waals surface area contributed by atoms with Gasteiger partial charge in [0.25, 0.3) is 5.91 Å². The average Bonchev–Trinajstić information content (AvgIpc) is 3.23. The minimum atomic E-state index is -4.72. The van der Waals surface area contributed by atoms with Gasteiger partial charge in [-0.3, -0.25) is 4.79 Å². The molecule has 1 saturated heterocycles. The highest BCUT2D eigenvalue weighted by Crippen LogP contribution is 2.36. The van der Waals surface area contributed by atoms with Crippen LogP contribution in [0.1, 0.15) is 22.2 Å². The first-order chi connectivity index (χ1) is 15.6. The molecule has 7 nitrogen and oxygen atoms in total. The third kappa shape index (κ3) is 5.92. The number of alkyl halides is 6. The van der Waals surface area contributed by atoms with Crippen LogP contribution in [0.3, 0.4) is 0 Å². The molecule has 0 N–H and O–H groups in total. The Bertz CT molecular complexity index is 1160. The molecule has 188 valence electrons. The zero-order valence-electron chi connectivity index (χ0n) is 17.8. The molecule has 1 aromatic carbocycles. The smallest absolute Gasteiger partial charge is 0.427 e. The van der Waals surface area contributed by atoms with Gasteiger partial charge < -0.3 is 14.5 Å². The Morgan fingerprint density at radius 1 is 1.12 bits per heavy atom. The molecule has 1 atom stereocenters. The predicted molar refractivity (Wildman–Crippen MR) is 111 cm³/mol. The SMILES string of the molecule is CC(Oc1ccc(S(C)(=O)=O)cc1C(=O)N1CCN(c2ncc(C(F)(F)F)s2)CC1)C(F)(F)F. The summed E-state index contributed by atoms with van der Waals surface area (Å²) in [4.78, 5) is 18.6. The number of benzene rings is 1. The van der Waals surface area contributed by atoms with Crippen molar-refractivity contribution in [1.29, 1.82) is 0 Å². The molecule has 34 heavy (non-hydrogen) atoms. The Morgan fingerprint density at radius 3 is 2.24 bits per heavy atom. The van der Waals surface area contributed by atoms with Crippen molar-refractivity contribution < 1.29 is 44.3 Å². The van der Waals surface area contributed by atoms with Gasteiger partial charge in [-0.25, -0.2) is 13.4 Å². The van der Waals surface area contributed by atoms with Crippen molar-refractivity contribution >= 4 is 32.2 Å². The number of halogens is 6. The number of piperazine rings is 1. The van der Waals surface area contributed by atoms with Crippen LogP contribution in [0, 0.1) is 0 Å². The lowest BCUT2D eigenvalue weighted by Gasteiger charge is -2.35. The number of amides is 1. The zero-order valence-corrected chi connectivity index (χ0v) is 19.4. The highest BCUT2D eigenvalue weighted by Gasteiger charge is 2.39. The van der Waals surface area contributed by atoms with E-state index >= 15 is 0 Å². The van der Waals surface area contributed by atoms with Crippen molar-refractivity contribution in [2.75, 3.05) is 37.3 Å². The van der Waals surface area contributed by atoms with Crippen LogP contribution in [0.15, 0.2) is 29.3 Å². The molecule has 1 aliphatic heterocycles. The van der Waals surface area contributed by atoms with E-state index in [9.17, 15) is 39.6 Å². The largest absolute Gasteiger partial charge is 0.480 e. The molecule has 0 radical (unpaired) electrons. The van der Waals surface area contributed by atoms with Crippen LogP contribution in [0.5, 0.6) is 5.75 Å². The van der Waals surface area contributed by atoms with Gasteiger partial charge in [-0.2, -0.15) is 26.3 Å². The maximum atomic E-state index is 13.1. The summed E-state index contributed by atoms with van der Waals surface area (Å²) >= 11 is 0.462. The first-order valence-corrected chi connectivity index (χ1v) is 12.4. The van der Waals surface area contributed by atoms with E-state index in [1.54, 1.807) is 4.90 Å². The van der Waals surface area contributed by atoms with Crippen LogP contribution in [0.4, 0.5) is 31.5 Å². The molecule has 2 heterocycles. The summed E-state index contributed by atoms with van der Waals surface area (Å²) in [5, 5.41) is 0.126. The lowest BCUT2D eigenvalue weighted by atomic mass is 10.1. The molecule has 1 unspecified atom stereocenters. The summed E-state index contributed by atoms with van der Waals surface area (Å²) in [6.07, 6.45) is -9.89. The lowest BCUT2D eigenvalue weighted by molar-refractivity contribution is -0.189. The van der Waals surface area contributed by atoms with Gasteiger partial charge in [0.2, 0.25) is 0 Å². The summed E-state index contributed by atoms with van der Waals surface area (Å²) in [5.41, 5.74) is -0.360. The van der Waals surface area contributed by atoms with E-state index in [1.807, 2.05) is 0 Å². The van der Waals surface area contributed by atoms with Crippen molar-refractivity contribution in [2.45, 2.75) is 30.3 Å². The number of ether oxygens (including phenoxy) is 1. The second-order valence-corrected chi connectivity index (χ2v) is 10.5. The van der Waals surface area contributed by atoms with Gasteiger partial charge in [0.15, 0.2) is 21.1 Å². The molecular formula is C19H19F6N3O4S2. The Balaban J connectivity index is 1.81. The molecule has 1 aliphatic rings. The van der Waals surface area contributed by atoms with Crippen molar-refractivity contribution in [3.8, 4) is 5.75 Å². The fourth-order valence-corrected chi connectivity index (χ4v) is 4.56. The standard InChI is InChI=1S/C19H19F6N3O4S2/c1-11(18(20,21)22)32-14-4-3-12(34(2,30)31)9-13(14)16(29)27-5-7-28(8-6-27)17-26-10-15(33-17)19(23,24)25/h3-4,9-11H,5-8H2,1-2H3. The fourth-order valence-electron chi connectivity index (χ4n) is 3.08. The van der Waals surface area contributed by atoms with Gasteiger partial charge in [0, 0.05) is 32.4 Å². The van der Waals surface area contributed by atoms with E-state index in [1.165, 1.54) is 4.90 Å². The van der Waals surface area contributed by atoms with E-state index < -0.39 is 44.8 Å². The Kier molecular flexibility index (Phi) is 7.09. The predicted octanol–water partition coefficient (Wildman–Crippen LogP) is 3.86. The molecule has 1 fully saturated rings. The number of hydrogen-bond donors (Lipinski definition) is 0. The summed E-state index contributed by atoms with van der Waals surface area (Å²) in [6, 6.07) is 3.00. The molecule has 15 heteroatoms. The van der Waals surface area contributed by atoms with E-state index in [0.717, 1.165) is 37.6 Å². The summed E-state index contributed by atoms with van der Waals surface area (Å²) in [5.74, 6) is -1.19. The topological polar surface area (TPSA) is 79.8 Å². The van der Waals surface area contributed by atoms with Crippen LogP contribution in [-0.4, -0.2) is 68.9 Å². The maximum Gasteiger partial charge on any atom is 0.427 e. The second-order valence-electron chi connectivity index (χ2n) is 7.52. The highest BCUT2D eigenvalue weighted by atomic mass is 32.2. The molecule has 0 saturated carbocycles. The third-order valence-corrected chi connectivity index (χ3v) is 7.20. The van der Waals surface area contributed by atoms with Crippen molar-refractivity contribution in [2.24, 2.45) is 0 Å². The van der Waals surface area contributed by atoms with E-state index in [-0.39, 0.29) is 41.8 Å². The number of carbonyl (C=O) groups excluding carboxylic acids is 1. The maximum absolute atomic E-state index is 13.1. The van der Waals surface area contributed by atoms with Gasteiger partial charge in [-0.1, -0.05) is 11.3 Å². The average molecular weight is 532 g/mol. The number of sulfone groups is 1. The molecule has 0 spiro atoms. The Hall–Kier alpha value is -2.55. The number of thiazole rings is 1. The molecule has 0 bridgehead atoms. The second kappa shape index (κ2) is 9.24. The molecule has 1 aromatic heterocycles. The summed E-state index contributed by atoms with van der Waals surface area (Å²) in [7, 11) is -3.77. The van der Waals surface area contributed by atoms with Gasteiger partial charge in [-0.05, 0) is 25.1 Å². The Morgan fingerprint density at radius 2 is 1.74 bits per heavy atom. The number of aromatic nitrogens is 1. The minimum absolute atomic E-state index is 0.0249. The fraction of sp³-hybridized carbons (Fsp3) is 0.474. The van der Waals surface area contributed by atoms with Crippen LogP contribution in [0.2, 0.25) is 0 Å². The van der Waals surface area contributed by atoms with E-state index in [4.69, 9.17) is 4.74 Å². The van der Waals surface area contributed by atoms with Gasteiger partial charge in [0.05, 0.1) is 16.7 Å². The van der Waals surface area contributed by atoms with Crippen LogP contribution in [-0.2, 0) is 16.0 Å². The lowest BCUT2D eigenvalue weighted by Crippen LogP contribution is -2.49. The van der Waals surface area contributed by atoms with Crippen LogP contribution in [0.25, 0.3) is 0 Å². The van der Waals surface area contributed by atoms with Crippen molar-refractivity contribution in [3.63, 3.8) is 0 Å². The monoisotopic (exact) mass is 531 g/mol. The highest BCUT2D eigenvalue weighted by molar-refractivity contribution is 7.90. The van der Waals surface area contributed by atoms with Gasteiger partial charge in [-0.15, -0.1) is 0 Å². The molecule has 1 amide bonds. The van der Waals surface area contributed by atoms with E-state index in [0.29, 0.717) is 11.3 Å². The number of hydrogen-bond acceptors (Lipinski definition) is 7. The summed E-state index contributed by atoms with van der Waals surface area (Å²) in [6.45, 7) is 1.05. The number of anilines is 1. The first-order valence-electron chi connectivity index (χ1n) is 9.72. The molecule has 3 rings (SSSR count). The third-order valence-electron chi connectivity index (χ3n) is 4.98. The quantitative estimate of drug-likeness (QED) is 0.546. The van der Waals surface area contributed by atoms with Crippen LogP contribution < -0.4 is 9.64 Å². The zero-order chi connectivity index (χ0) is 25.5. The normalized spacial score (nSPS) is 16.5. The molecular weight excluding hydrogens is 512 g/mol. The van der Waals surface area contributed by atoms with Crippen molar-refractivity contribution in [1.82, 2.24) is 9.88 Å². The van der Waals surface area contributed by atoms with Gasteiger partial charge >= 0.3 is 12.4 Å². The van der Waals surface area contributed by atoms with Crippen LogP contribution >= 0.6 is 11.3 Å².